The Balaban J connectivity index is 2.19. The first kappa shape index (κ1) is 25.3. The average molecular weight is 444 g/mol. The van der Waals surface area contributed by atoms with Crippen LogP contribution in [0.5, 0.6) is 17.2 Å². The van der Waals surface area contributed by atoms with Gasteiger partial charge >= 0.3 is 0 Å². The smallest absolute Gasteiger partial charge is 0.215 e. The molecule has 0 heterocycles. The van der Waals surface area contributed by atoms with Gasteiger partial charge in [0.1, 0.15) is 28.8 Å². The number of carbonyl (C=O) groups is 1. The molecule has 0 fully saturated rings. The summed E-state index contributed by atoms with van der Waals surface area (Å²) in [6.07, 6.45) is 4.75. The average Bonchev–Trinajstić information content (AvgIpc) is 2.75. The van der Waals surface area contributed by atoms with E-state index in [4.69, 9.17) is 9.47 Å². The van der Waals surface area contributed by atoms with Crippen LogP contribution in [0.15, 0.2) is 48.5 Å². The predicted octanol–water partition coefficient (Wildman–Crippen LogP) is 7.30. The minimum atomic E-state index is -0.0556. The van der Waals surface area contributed by atoms with Gasteiger partial charge in [-0.25, -0.2) is 0 Å². The highest BCUT2D eigenvalue weighted by Crippen LogP contribution is 2.33. The first-order valence-corrected chi connectivity index (χ1v) is 13.0. The molecule has 31 heavy (non-hydrogen) atoms. The van der Waals surface area contributed by atoms with Gasteiger partial charge in [-0.15, -0.1) is 0 Å². The lowest BCUT2D eigenvalue weighted by molar-refractivity contribution is 0.0948. The van der Waals surface area contributed by atoms with Gasteiger partial charge in [-0.3, -0.25) is 4.79 Å². The fourth-order valence-electron chi connectivity index (χ4n) is 3.66. The lowest BCUT2D eigenvalue weighted by Gasteiger charge is -2.29. The second-order valence-electron chi connectivity index (χ2n) is 9.07. The van der Waals surface area contributed by atoms with Crippen LogP contribution < -0.4 is 9.47 Å². The summed E-state index contributed by atoms with van der Waals surface area (Å²) < 4.78 is 11.1. The summed E-state index contributed by atoms with van der Waals surface area (Å²) in [5.41, 5.74) is 0.729. The zero-order valence-electron chi connectivity index (χ0n) is 20.1. The Morgan fingerprint density at radius 1 is 0.839 bits per heavy atom. The molecule has 0 N–H and O–H groups in total. The molecule has 1 atom stereocenters. The third-order valence-corrected chi connectivity index (χ3v) is 8.53. The molecule has 0 bridgehead atoms. The Morgan fingerprint density at radius 3 is 1.71 bits per heavy atom. The van der Waals surface area contributed by atoms with Gasteiger partial charge in [-0.1, -0.05) is 47.5 Å². The number of benzene rings is 2. The zero-order chi connectivity index (χ0) is 22.9. The minimum absolute atomic E-state index is 0.0546. The summed E-state index contributed by atoms with van der Waals surface area (Å²) in [7, 11) is 1.75. The number of hydrogen-bond acceptors (Lipinski definition) is 3. The summed E-state index contributed by atoms with van der Waals surface area (Å²) in [5.74, 6) is 4.85. The first-order chi connectivity index (χ1) is 14.8. The highest BCUT2D eigenvalue weighted by molar-refractivity contribution is 7.98. The molecule has 0 spiro atoms. The van der Waals surface area contributed by atoms with Crippen LogP contribution in [0.1, 0.15) is 70.7 Å². The summed E-state index contributed by atoms with van der Waals surface area (Å²) in [4.78, 5) is 13.7. The second-order valence-corrected chi connectivity index (χ2v) is 11.4. The lowest BCUT2D eigenvalue weighted by atomic mass is 9.87. The van der Waals surface area contributed by atoms with Crippen molar-refractivity contribution >= 4 is 16.7 Å². The maximum Gasteiger partial charge on any atom is 0.215 e. The molecule has 1 unspecified atom stereocenters. The van der Waals surface area contributed by atoms with E-state index in [0.29, 0.717) is 0 Å². The van der Waals surface area contributed by atoms with Crippen LogP contribution in [0.4, 0.5) is 0 Å². The largest absolute Gasteiger partial charge is 0.497 e. The van der Waals surface area contributed by atoms with Gasteiger partial charge in [-0.05, 0) is 72.3 Å². The highest BCUT2D eigenvalue weighted by Gasteiger charge is 2.45. The molecular formula is C27H39O3S+. The number of hydrogen-bond donors (Lipinski definition) is 0. The third kappa shape index (κ3) is 7.60. The number of rotatable bonds is 12. The van der Waals surface area contributed by atoms with Crippen LogP contribution in [0.25, 0.3) is 0 Å². The van der Waals surface area contributed by atoms with Gasteiger partial charge in [0.25, 0.3) is 0 Å². The normalized spacial score (nSPS) is 12.6. The van der Waals surface area contributed by atoms with Crippen LogP contribution in [0.3, 0.4) is 0 Å². The Bertz CT molecular complexity index is 783. The Kier molecular flexibility index (Phi) is 9.95. The molecule has 0 radical (unpaired) electrons. The van der Waals surface area contributed by atoms with E-state index in [1.807, 2.05) is 48.5 Å². The molecule has 0 saturated heterocycles. The van der Waals surface area contributed by atoms with E-state index >= 15 is 0 Å². The zero-order valence-corrected chi connectivity index (χ0v) is 20.9. The summed E-state index contributed by atoms with van der Waals surface area (Å²) in [6, 6.07) is 15.1. The molecule has 0 aliphatic heterocycles. The predicted molar refractivity (Wildman–Crippen MR) is 134 cm³/mol. The van der Waals surface area contributed by atoms with Crippen LogP contribution in [0.2, 0.25) is 0 Å². The van der Waals surface area contributed by atoms with Crippen molar-refractivity contribution in [1.29, 1.82) is 0 Å². The molecule has 2 aromatic rings. The fraction of sp³-hybridized carbons (Fsp3) is 0.519. The monoisotopic (exact) mass is 443 g/mol. The molecule has 0 amide bonds. The number of ether oxygens (including phenoxy) is 2. The molecular weight excluding hydrogens is 404 g/mol. The molecule has 0 aliphatic rings. The maximum absolute atomic E-state index is 13.7. The van der Waals surface area contributed by atoms with Crippen molar-refractivity contribution in [1.82, 2.24) is 0 Å². The van der Waals surface area contributed by atoms with Crippen LogP contribution in [-0.4, -0.2) is 29.6 Å². The van der Waals surface area contributed by atoms with Gasteiger partial charge in [0, 0.05) is 11.0 Å². The Hall–Kier alpha value is -1.94. The molecule has 3 nitrogen and oxygen atoms in total. The summed E-state index contributed by atoms with van der Waals surface area (Å²) >= 11 is 0. The number of unbranched alkanes of at least 4 members (excludes halogenated alkanes) is 2. The van der Waals surface area contributed by atoms with Crippen molar-refractivity contribution in [3.63, 3.8) is 0 Å². The van der Waals surface area contributed by atoms with E-state index in [0.717, 1.165) is 34.3 Å². The Labute approximate surface area is 191 Å². The van der Waals surface area contributed by atoms with E-state index in [1.54, 1.807) is 7.11 Å². The number of Topliss-reactive ketones (excluding diaryl/α,β-unsaturated/α-hetero) is 1. The Morgan fingerprint density at radius 2 is 1.29 bits per heavy atom. The van der Waals surface area contributed by atoms with E-state index < -0.39 is 0 Å². The van der Waals surface area contributed by atoms with Gasteiger partial charge in [0.05, 0.1) is 7.11 Å². The van der Waals surface area contributed by atoms with Crippen molar-refractivity contribution in [2.45, 2.75) is 65.6 Å². The SMILES string of the molecule is CCCC[S+](CCCC)C(C(=O)c1ccc(Oc2ccc(OC)cc2)cc1)C(C)(C)C. The summed E-state index contributed by atoms with van der Waals surface area (Å²) in [6.45, 7) is 11.1. The van der Waals surface area contributed by atoms with E-state index in [1.165, 1.54) is 25.7 Å². The van der Waals surface area contributed by atoms with Crippen LogP contribution in [0, 0.1) is 5.41 Å². The molecule has 0 aromatic heterocycles. The minimum Gasteiger partial charge on any atom is -0.497 e. The van der Waals surface area contributed by atoms with Crippen LogP contribution in [-0.2, 0) is 10.9 Å². The van der Waals surface area contributed by atoms with Crippen molar-refractivity contribution in [2.24, 2.45) is 5.41 Å². The molecule has 4 heteroatoms. The van der Waals surface area contributed by atoms with E-state index in [2.05, 4.69) is 34.6 Å². The van der Waals surface area contributed by atoms with Crippen molar-refractivity contribution in [3.8, 4) is 17.2 Å². The van der Waals surface area contributed by atoms with Gasteiger partial charge in [-0.2, -0.15) is 0 Å². The highest BCUT2D eigenvalue weighted by atomic mass is 32.2. The second kappa shape index (κ2) is 12.2. The molecule has 0 aliphatic carbocycles. The quantitative estimate of drug-likeness (QED) is 0.255. The third-order valence-electron chi connectivity index (χ3n) is 5.31. The number of carbonyl (C=O) groups excluding carboxylic acids is 1. The van der Waals surface area contributed by atoms with E-state index in [9.17, 15) is 4.79 Å². The van der Waals surface area contributed by atoms with Crippen molar-refractivity contribution in [2.75, 3.05) is 18.6 Å². The van der Waals surface area contributed by atoms with E-state index in [-0.39, 0.29) is 27.3 Å². The molecule has 0 saturated carbocycles. The maximum atomic E-state index is 13.7. The van der Waals surface area contributed by atoms with Gasteiger partial charge in [0.2, 0.25) is 5.78 Å². The molecule has 170 valence electrons. The fourth-order valence-corrected chi connectivity index (χ4v) is 7.09. The van der Waals surface area contributed by atoms with Gasteiger partial charge in [0.15, 0.2) is 5.25 Å². The number of methoxy groups -OCH3 is 1. The summed E-state index contributed by atoms with van der Waals surface area (Å²) in [5, 5.41) is 0.0546. The first-order valence-electron chi connectivity index (χ1n) is 11.4. The van der Waals surface area contributed by atoms with Crippen LogP contribution >= 0.6 is 0 Å². The molecule has 2 rings (SSSR count). The van der Waals surface area contributed by atoms with Crippen molar-refractivity contribution in [3.05, 3.63) is 54.1 Å². The lowest BCUT2D eigenvalue weighted by Crippen LogP contribution is -2.44. The van der Waals surface area contributed by atoms with Gasteiger partial charge < -0.3 is 9.47 Å². The molecule has 2 aromatic carbocycles. The van der Waals surface area contributed by atoms with Crippen molar-refractivity contribution < 1.29 is 14.3 Å². The standard InChI is InChI=1S/C27H39O3S/c1-7-9-19-31(20-10-8-2)26(27(3,4)5)25(28)21-11-13-23(14-12-21)30-24-17-15-22(29-6)16-18-24/h11-18,26H,7-10,19-20H2,1-6H3/q+1. The topological polar surface area (TPSA) is 35.5 Å². The number of ketones is 1.